The summed E-state index contributed by atoms with van der Waals surface area (Å²) in [6, 6.07) is 12.3. The fourth-order valence-corrected chi connectivity index (χ4v) is 6.38. The van der Waals surface area contributed by atoms with E-state index in [1.54, 1.807) is 0 Å². The normalized spacial score (nSPS) is 17.6. The summed E-state index contributed by atoms with van der Waals surface area (Å²) in [6.45, 7) is 0. The smallest absolute Gasteiger partial charge is 0.195 e. The number of ketones is 1. The van der Waals surface area contributed by atoms with Crippen LogP contribution in [-0.4, -0.2) is 18.3 Å². The predicted octanol–water partition coefficient (Wildman–Crippen LogP) is 4.92. The van der Waals surface area contributed by atoms with E-state index < -0.39 is 10.0 Å². The van der Waals surface area contributed by atoms with Gasteiger partial charge < -0.3 is 0 Å². The van der Waals surface area contributed by atoms with E-state index >= 15 is 0 Å². The van der Waals surface area contributed by atoms with E-state index in [4.69, 9.17) is 0 Å². The van der Waals surface area contributed by atoms with Crippen LogP contribution in [0.1, 0.15) is 15.9 Å². The molecule has 1 heterocycles. The van der Waals surface area contributed by atoms with Crippen LogP contribution in [0.2, 0.25) is 0 Å². The van der Waals surface area contributed by atoms with Crippen LogP contribution >= 0.6 is 55.2 Å². The molecule has 0 amide bonds. The first-order chi connectivity index (χ1) is 8.91. The van der Waals surface area contributed by atoms with Gasteiger partial charge in [-0.25, -0.2) is 0 Å². The average Bonchev–Trinajstić information content (AvgIpc) is 2.36. The van der Waals surface area contributed by atoms with Crippen molar-refractivity contribution in [2.45, 2.75) is 9.79 Å². The lowest BCUT2D eigenvalue weighted by molar-refractivity contribution is 0.103. The maximum absolute atomic E-state index is 12.6. The molecule has 1 aliphatic heterocycles. The van der Waals surface area contributed by atoms with Gasteiger partial charge in [-0.2, -0.15) is 10.0 Å². The average molecular weight is 494 g/mol. The Hall–Kier alpha value is -0.0800. The minimum Gasteiger partial charge on any atom is -0.289 e. The molecular weight excluding hydrogens is 482 g/mol. The van der Waals surface area contributed by atoms with Crippen molar-refractivity contribution in [2.75, 3.05) is 12.5 Å². The van der Waals surface area contributed by atoms with Gasteiger partial charge in [0, 0.05) is 28.1 Å². The van der Waals surface area contributed by atoms with Crippen LogP contribution in [0.4, 0.5) is 0 Å². The summed E-state index contributed by atoms with van der Waals surface area (Å²) in [5.41, 5.74) is 1.77. The highest BCUT2D eigenvalue weighted by molar-refractivity contribution is 14.1. The third kappa shape index (κ3) is 2.15. The lowest BCUT2D eigenvalue weighted by Gasteiger charge is -2.39. The van der Waals surface area contributed by atoms with E-state index in [0.717, 1.165) is 11.1 Å². The molecule has 0 aromatic heterocycles. The molecule has 0 unspecified atom stereocenters. The molecule has 0 saturated heterocycles. The summed E-state index contributed by atoms with van der Waals surface area (Å²) in [5.74, 6) is 0.171. The Kier molecular flexibility index (Phi) is 3.46. The van der Waals surface area contributed by atoms with Gasteiger partial charge in [-0.1, -0.05) is 0 Å². The zero-order valence-corrected chi connectivity index (χ0v) is 15.7. The first kappa shape index (κ1) is 13.9. The van der Waals surface area contributed by atoms with Crippen LogP contribution in [0, 0.1) is 7.14 Å². The summed E-state index contributed by atoms with van der Waals surface area (Å²) < 4.78 is 2.39. The maximum Gasteiger partial charge on any atom is 0.195 e. The van der Waals surface area contributed by atoms with Gasteiger partial charge in [0.1, 0.15) is 0 Å². The molecule has 0 aliphatic carbocycles. The molecule has 1 aliphatic rings. The van der Waals surface area contributed by atoms with Crippen molar-refractivity contribution in [3.05, 3.63) is 54.7 Å². The van der Waals surface area contributed by atoms with E-state index in [1.165, 1.54) is 16.9 Å². The molecule has 0 radical (unpaired) electrons. The summed E-state index contributed by atoms with van der Waals surface area (Å²) >= 11 is 4.63. The lowest BCUT2D eigenvalue weighted by atomic mass is 10.0. The molecule has 1 nitrogen and oxygen atoms in total. The number of carbonyl (C=O) groups is 1. The number of hydrogen-bond donors (Lipinski definition) is 0. The number of carbonyl (C=O) groups excluding carboxylic acids is 1. The first-order valence-electron chi connectivity index (χ1n) is 5.78. The molecule has 0 bridgehead atoms. The largest absolute Gasteiger partial charge is 0.289 e. The van der Waals surface area contributed by atoms with E-state index in [9.17, 15) is 4.79 Å². The van der Waals surface area contributed by atoms with Crippen LogP contribution in [0.5, 0.6) is 0 Å². The van der Waals surface area contributed by atoms with Crippen molar-refractivity contribution < 1.29 is 4.79 Å². The number of halogens is 2. The zero-order chi connectivity index (χ0) is 13.8. The summed E-state index contributed by atoms with van der Waals surface area (Å²) in [7, 11) is -1.11. The standard InChI is InChI=1S/C15H12I2OS/c1-19(2)13-7-9(16)3-5-11(13)15(18)12-6-4-10(17)8-14(12)19/h3-8H,1-2H3. The number of rotatable bonds is 0. The number of fused-ring (bicyclic) bond motifs is 2. The SMILES string of the molecule is CS1(C)c2cc(I)ccc2C(=O)c2ccc(I)cc21. The van der Waals surface area contributed by atoms with E-state index in [-0.39, 0.29) is 5.78 Å². The fourth-order valence-electron chi connectivity index (χ4n) is 2.48. The molecule has 0 spiro atoms. The highest BCUT2D eigenvalue weighted by Crippen LogP contribution is 2.62. The van der Waals surface area contributed by atoms with Crippen molar-refractivity contribution in [3.63, 3.8) is 0 Å². The Bertz CT molecular complexity index is 650. The van der Waals surface area contributed by atoms with Gasteiger partial charge in [-0.3, -0.25) is 4.79 Å². The maximum atomic E-state index is 12.6. The van der Waals surface area contributed by atoms with E-state index in [2.05, 4.69) is 69.8 Å². The molecule has 0 saturated carbocycles. The van der Waals surface area contributed by atoms with Crippen LogP contribution in [0.3, 0.4) is 0 Å². The Balaban J connectivity index is 2.36. The summed E-state index contributed by atoms with van der Waals surface area (Å²) in [6.07, 6.45) is 4.56. The van der Waals surface area contributed by atoms with Crippen LogP contribution in [0.15, 0.2) is 46.2 Å². The zero-order valence-electron chi connectivity index (χ0n) is 10.5. The molecular formula is C15H12I2OS. The third-order valence-corrected chi connectivity index (χ3v) is 7.69. The third-order valence-electron chi connectivity index (χ3n) is 3.48. The lowest BCUT2D eigenvalue weighted by Crippen LogP contribution is -2.17. The molecule has 0 N–H and O–H groups in total. The predicted molar refractivity (Wildman–Crippen MR) is 97.7 cm³/mol. The molecule has 0 fully saturated rings. The Labute approximate surface area is 141 Å². The van der Waals surface area contributed by atoms with Crippen LogP contribution in [-0.2, 0) is 0 Å². The molecule has 2 aromatic rings. The second-order valence-corrected chi connectivity index (χ2v) is 11.0. The second-order valence-electron chi connectivity index (χ2n) is 4.94. The Morgan fingerprint density at radius 1 is 0.842 bits per heavy atom. The topological polar surface area (TPSA) is 17.1 Å². The number of hydrogen-bond acceptors (Lipinski definition) is 1. The van der Waals surface area contributed by atoms with Crippen molar-refractivity contribution >= 4 is 61.0 Å². The van der Waals surface area contributed by atoms with Crippen molar-refractivity contribution in [1.29, 1.82) is 0 Å². The van der Waals surface area contributed by atoms with Crippen molar-refractivity contribution in [3.8, 4) is 0 Å². The number of benzene rings is 2. The molecule has 3 rings (SSSR count). The van der Waals surface area contributed by atoms with E-state index in [1.807, 2.05) is 24.3 Å². The molecule has 2 aromatic carbocycles. The first-order valence-corrected chi connectivity index (χ1v) is 10.4. The molecule has 98 valence electrons. The Morgan fingerprint density at radius 3 is 1.68 bits per heavy atom. The van der Waals surface area contributed by atoms with Crippen molar-refractivity contribution in [2.24, 2.45) is 0 Å². The molecule has 4 heteroatoms. The minimum absolute atomic E-state index is 0.171. The van der Waals surface area contributed by atoms with Gasteiger partial charge >= 0.3 is 0 Å². The van der Waals surface area contributed by atoms with Gasteiger partial charge in [0.15, 0.2) is 5.78 Å². The minimum atomic E-state index is -1.11. The van der Waals surface area contributed by atoms with Gasteiger partial charge in [-0.05, 0) is 94.1 Å². The highest BCUT2D eigenvalue weighted by atomic mass is 127. The quantitative estimate of drug-likeness (QED) is 0.476. The van der Waals surface area contributed by atoms with Gasteiger partial charge in [-0.15, -0.1) is 0 Å². The van der Waals surface area contributed by atoms with Gasteiger partial charge in [0.05, 0.1) is 0 Å². The fraction of sp³-hybridized carbons (Fsp3) is 0.133. The monoisotopic (exact) mass is 494 g/mol. The Morgan fingerprint density at radius 2 is 1.26 bits per heavy atom. The molecule has 0 atom stereocenters. The van der Waals surface area contributed by atoms with Crippen LogP contribution < -0.4 is 0 Å². The highest BCUT2D eigenvalue weighted by Gasteiger charge is 2.33. The van der Waals surface area contributed by atoms with E-state index in [0.29, 0.717) is 0 Å². The summed E-state index contributed by atoms with van der Waals surface area (Å²) in [4.78, 5) is 15.1. The van der Waals surface area contributed by atoms with Gasteiger partial charge in [0.25, 0.3) is 0 Å². The molecule has 19 heavy (non-hydrogen) atoms. The van der Waals surface area contributed by atoms with Crippen LogP contribution in [0.25, 0.3) is 0 Å². The van der Waals surface area contributed by atoms with Crippen molar-refractivity contribution in [1.82, 2.24) is 0 Å². The summed E-state index contributed by atoms with van der Waals surface area (Å²) in [5, 5.41) is 0. The second kappa shape index (κ2) is 4.73. The van der Waals surface area contributed by atoms with Gasteiger partial charge in [0.2, 0.25) is 0 Å².